The average molecular weight is 212 g/mol. The largest absolute Gasteiger partial charge is 0.261 e. The molecule has 0 aliphatic carbocycles. The molecule has 2 aromatic heterocycles. The lowest BCUT2D eigenvalue weighted by Gasteiger charge is -1.94. The van der Waals surface area contributed by atoms with Crippen LogP contribution in [0.2, 0.25) is 4.47 Å². The molecule has 0 unspecified atom stereocenters. The molecule has 2 aromatic rings. The molecule has 0 N–H and O–H groups in total. The van der Waals surface area contributed by atoms with E-state index in [1.54, 1.807) is 6.20 Å². The van der Waals surface area contributed by atoms with Crippen LogP contribution in [0.25, 0.3) is 11.4 Å². The number of halogens is 1. The Kier molecular flexibility index (Phi) is 2.24. The molecule has 0 aliphatic rings. The van der Waals surface area contributed by atoms with Crippen molar-refractivity contribution in [1.82, 2.24) is 14.3 Å². The molecular weight excluding hydrogens is 206 g/mol. The summed E-state index contributed by atoms with van der Waals surface area (Å²) in [6, 6.07) is 3.85. The number of rotatable bonds is 1. The molecule has 5 heteroatoms. The van der Waals surface area contributed by atoms with Gasteiger partial charge in [-0.1, -0.05) is 0 Å². The summed E-state index contributed by atoms with van der Waals surface area (Å²) >= 11 is 6.85. The van der Waals surface area contributed by atoms with Crippen LogP contribution in [0.4, 0.5) is 0 Å². The van der Waals surface area contributed by atoms with Crippen LogP contribution < -0.4 is 0 Å². The first-order valence-electron chi connectivity index (χ1n) is 3.68. The molecule has 2 rings (SSSR count). The van der Waals surface area contributed by atoms with Crippen molar-refractivity contribution >= 4 is 23.1 Å². The van der Waals surface area contributed by atoms with Gasteiger partial charge >= 0.3 is 0 Å². The van der Waals surface area contributed by atoms with E-state index in [-0.39, 0.29) is 0 Å². The summed E-state index contributed by atoms with van der Waals surface area (Å²) in [6.07, 6.45) is 1.74. The standard InChI is InChI=1S/C8H6ClN3S/c1-5-2-3-6(4-10-5)7-11-8(9)13-12-7/h2-4H,1H3. The third kappa shape index (κ3) is 1.84. The minimum Gasteiger partial charge on any atom is -0.261 e. The van der Waals surface area contributed by atoms with Gasteiger partial charge in [0.05, 0.1) is 0 Å². The van der Waals surface area contributed by atoms with Crippen molar-refractivity contribution in [2.75, 3.05) is 0 Å². The summed E-state index contributed by atoms with van der Waals surface area (Å²) in [5.41, 5.74) is 1.87. The molecule has 0 saturated heterocycles. The summed E-state index contributed by atoms with van der Waals surface area (Å²) in [5.74, 6) is 0.641. The van der Waals surface area contributed by atoms with Gasteiger partial charge in [0.1, 0.15) is 0 Å². The van der Waals surface area contributed by atoms with Gasteiger partial charge in [0.2, 0.25) is 4.47 Å². The van der Waals surface area contributed by atoms with Gasteiger partial charge in [-0.15, -0.1) is 0 Å². The van der Waals surface area contributed by atoms with E-state index in [0.29, 0.717) is 10.3 Å². The maximum Gasteiger partial charge on any atom is 0.203 e. The molecule has 0 atom stereocenters. The highest BCUT2D eigenvalue weighted by atomic mass is 35.5. The number of aromatic nitrogens is 3. The maximum absolute atomic E-state index is 5.67. The van der Waals surface area contributed by atoms with Crippen molar-refractivity contribution < 1.29 is 0 Å². The van der Waals surface area contributed by atoms with E-state index in [0.717, 1.165) is 11.3 Å². The Morgan fingerprint density at radius 3 is 2.77 bits per heavy atom. The molecule has 66 valence electrons. The average Bonchev–Trinajstić information content (AvgIpc) is 2.53. The zero-order valence-corrected chi connectivity index (χ0v) is 8.43. The lowest BCUT2D eigenvalue weighted by Crippen LogP contribution is -1.83. The molecule has 0 bridgehead atoms. The van der Waals surface area contributed by atoms with Gasteiger partial charge in [-0.3, -0.25) is 4.98 Å². The lowest BCUT2D eigenvalue weighted by molar-refractivity contribution is 1.19. The first-order valence-corrected chi connectivity index (χ1v) is 4.83. The second-order valence-corrected chi connectivity index (χ2v) is 3.89. The highest BCUT2D eigenvalue weighted by Gasteiger charge is 2.04. The highest BCUT2D eigenvalue weighted by Crippen LogP contribution is 2.19. The second-order valence-electron chi connectivity index (χ2n) is 2.56. The molecule has 0 radical (unpaired) electrons. The second kappa shape index (κ2) is 3.40. The number of hydrogen-bond acceptors (Lipinski definition) is 4. The zero-order chi connectivity index (χ0) is 9.26. The van der Waals surface area contributed by atoms with Crippen LogP contribution >= 0.6 is 23.1 Å². The summed E-state index contributed by atoms with van der Waals surface area (Å²) in [5, 5.41) is 0. The number of pyridine rings is 1. The van der Waals surface area contributed by atoms with E-state index < -0.39 is 0 Å². The Bertz CT molecular complexity index is 410. The van der Waals surface area contributed by atoms with Crippen molar-refractivity contribution in [2.24, 2.45) is 0 Å². The normalized spacial score (nSPS) is 10.3. The van der Waals surface area contributed by atoms with Gasteiger partial charge in [0, 0.05) is 17.5 Å². The van der Waals surface area contributed by atoms with Gasteiger partial charge in [0.25, 0.3) is 0 Å². The molecule has 2 heterocycles. The summed E-state index contributed by atoms with van der Waals surface area (Å²) in [7, 11) is 0. The van der Waals surface area contributed by atoms with E-state index in [1.165, 1.54) is 11.5 Å². The Hall–Kier alpha value is -1.00. The van der Waals surface area contributed by atoms with Gasteiger partial charge < -0.3 is 0 Å². The van der Waals surface area contributed by atoms with Crippen molar-refractivity contribution in [1.29, 1.82) is 0 Å². The van der Waals surface area contributed by atoms with Crippen LogP contribution in [0.5, 0.6) is 0 Å². The molecule has 0 aliphatic heterocycles. The molecule has 0 fully saturated rings. The Morgan fingerprint density at radius 2 is 2.23 bits per heavy atom. The van der Waals surface area contributed by atoms with E-state index in [4.69, 9.17) is 11.6 Å². The Balaban J connectivity index is 2.41. The molecule has 0 amide bonds. The Morgan fingerprint density at radius 1 is 1.38 bits per heavy atom. The van der Waals surface area contributed by atoms with Crippen molar-refractivity contribution in [3.63, 3.8) is 0 Å². The van der Waals surface area contributed by atoms with Gasteiger partial charge in [-0.05, 0) is 42.2 Å². The predicted octanol–water partition coefficient (Wildman–Crippen LogP) is 2.56. The smallest absolute Gasteiger partial charge is 0.203 e. The number of hydrogen-bond donors (Lipinski definition) is 0. The van der Waals surface area contributed by atoms with Crippen LogP contribution in [0.15, 0.2) is 18.3 Å². The topological polar surface area (TPSA) is 38.7 Å². The molecule has 13 heavy (non-hydrogen) atoms. The van der Waals surface area contributed by atoms with Crippen LogP contribution in [0.3, 0.4) is 0 Å². The fourth-order valence-corrected chi connectivity index (χ4v) is 1.54. The monoisotopic (exact) mass is 211 g/mol. The number of aryl methyl sites for hydroxylation is 1. The summed E-state index contributed by atoms with van der Waals surface area (Å²) in [4.78, 5) is 8.19. The predicted molar refractivity (Wildman–Crippen MR) is 52.9 cm³/mol. The fraction of sp³-hybridized carbons (Fsp3) is 0.125. The van der Waals surface area contributed by atoms with Crippen LogP contribution in [-0.2, 0) is 0 Å². The van der Waals surface area contributed by atoms with Crippen molar-refractivity contribution in [3.05, 3.63) is 28.5 Å². The van der Waals surface area contributed by atoms with Gasteiger partial charge in [-0.25, -0.2) is 4.98 Å². The summed E-state index contributed by atoms with van der Waals surface area (Å²) in [6.45, 7) is 1.94. The highest BCUT2D eigenvalue weighted by molar-refractivity contribution is 7.10. The fourth-order valence-electron chi connectivity index (χ4n) is 0.922. The SMILES string of the molecule is Cc1ccc(-c2nsc(Cl)n2)cn1. The minimum atomic E-state index is 0.454. The maximum atomic E-state index is 5.67. The summed E-state index contributed by atoms with van der Waals surface area (Å²) < 4.78 is 4.53. The first kappa shape index (κ1) is 8.59. The molecular formula is C8H6ClN3S. The van der Waals surface area contributed by atoms with E-state index in [2.05, 4.69) is 14.3 Å². The minimum absolute atomic E-state index is 0.454. The van der Waals surface area contributed by atoms with E-state index in [1.807, 2.05) is 19.1 Å². The first-order chi connectivity index (χ1) is 6.25. The van der Waals surface area contributed by atoms with E-state index in [9.17, 15) is 0 Å². The molecule has 0 aromatic carbocycles. The van der Waals surface area contributed by atoms with Crippen LogP contribution in [0.1, 0.15) is 5.69 Å². The van der Waals surface area contributed by atoms with Crippen molar-refractivity contribution in [2.45, 2.75) is 6.92 Å². The third-order valence-corrected chi connectivity index (χ3v) is 2.37. The number of nitrogens with zero attached hydrogens (tertiary/aromatic N) is 3. The third-order valence-electron chi connectivity index (χ3n) is 1.57. The van der Waals surface area contributed by atoms with Gasteiger partial charge in [0.15, 0.2) is 5.82 Å². The Labute approximate surface area is 84.6 Å². The quantitative estimate of drug-likeness (QED) is 0.728. The lowest BCUT2D eigenvalue weighted by atomic mass is 10.2. The van der Waals surface area contributed by atoms with Crippen molar-refractivity contribution in [3.8, 4) is 11.4 Å². The van der Waals surface area contributed by atoms with Crippen LogP contribution in [-0.4, -0.2) is 14.3 Å². The zero-order valence-electron chi connectivity index (χ0n) is 6.86. The van der Waals surface area contributed by atoms with Gasteiger partial charge in [-0.2, -0.15) is 4.37 Å². The van der Waals surface area contributed by atoms with Crippen LogP contribution in [0, 0.1) is 6.92 Å². The molecule has 3 nitrogen and oxygen atoms in total. The molecule has 0 saturated carbocycles. The molecule has 0 spiro atoms. The van der Waals surface area contributed by atoms with E-state index >= 15 is 0 Å².